The van der Waals surface area contributed by atoms with E-state index in [4.69, 9.17) is 0 Å². The largest absolute Gasteiger partial charge is 0.469 e. The maximum atomic E-state index is 13.0. The zero-order chi connectivity index (χ0) is 22.4. The Morgan fingerprint density at radius 3 is 2.47 bits per heavy atom. The molecule has 30 heavy (non-hydrogen) atoms. The molecule has 2 fully saturated rings. The van der Waals surface area contributed by atoms with E-state index in [-0.39, 0.29) is 29.7 Å². The quantitative estimate of drug-likeness (QED) is 0.319. The van der Waals surface area contributed by atoms with Gasteiger partial charge in [0.15, 0.2) is 0 Å². The molecule has 1 heterocycles. The lowest BCUT2D eigenvalue weighted by molar-refractivity contribution is -0.140. The second-order valence-electron chi connectivity index (χ2n) is 9.26. The summed E-state index contributed by atoms with van der Waals surface area (Å²) < 4.78 is 4.58. The molecular formula is C22H37N3O5. The van der Waals surface area contributed by atoms with Gasteiger partial charge in [-0.25, -0.2) is 4.79 Å². The molecule has 2 aliphatic rings. The first-order valence-electron chi connectivity index (χ1n) is 11.1. The number of nitrogens with one attached hydrogen (secondary N) is 2. The lowest BCUT2D eigenvalue weighted by Gasteiger charge is -2.42. The number of methoxy groups -OCH3 is 1. The number of rotatable bonds is 10. The van der Waals surface area contributed by atoms with Gasteiger partial charge in [0.2, 0.25) is 5.91 Å². The van der Waals surface area contributed by atoms with Crippen LogP contribution in [0.2, 0.25) is 0 Å². The Morgan fingerprint density at radius 1 is 1.20 bits per heavy atom. The summed E-state index contributed by atoms with van der Waals surface area (Å²) >= 11 is 0. The molecule has 1 aliphatic heterocycles. The SMILES string of the molecule is CCC(C)(C)C1CCC2(CC1)NC(=O)N(CC(=O)NCCCCCC(=O)OC)C2=O. The van der Waals surface area contributed by atoms with E-state index >= 15 is 0 Å². The first-order valence-corrected chi connectivity index (χ1v) is 11.1. The van der Waals surface area contributed by atoms with E-state index in [2.05, 4.69) is 36.1 Å². The van der Waals surface area contributed by atoms with Crippen LogP contribution in [0.1, 0.15) is 78.6 Å². The molecule has 0 aromatic carbocycles. The van der Waals surface area contributed by atoms with Crippen molar-refractivity contribution >= 4 is 23.8 Å². The van der Waals surface area contributed by atoms with Crippen molar-refractivity contribution in [3.05, 3.63) is 0 Å². The standard InChI is InChI=1S/C22H37N3O5/c1-5-21(2,3)16-10-12-22(13-11-16)19(28)25(20(29)24-22)15-17(26)23-14-8-6-7-9-18(27)30-4/h16H,5-15H2,1-4H3,(H,23,26)(H,24,29). The van der Waals surface area contributed by atoms with E-state index in [1.54, 1.807) is 0 Å². The molecular weight excluding hydrogens is 386 g/mol. The first kappa shape index (κ1) is 24.2. The van der Waals surface area contributed by atoms with Crippen LogP contribution in [-0.2, 0) is 19.1 Å². The van der Waals surface area contributed by atoms with Crippen LogP contribution in [0, 0.1) is 11.3 Å². The second-order valence-corrected chi connectivity index (χ2v) is 9.26. The minimum atomic E-state index is -0.842. The molecule has 2 N–H and O–H groups in total. The summed E-state index contributed by atoms with van der Waals surface area (Å²) in [6.45, 7) is 6.90. The van der Waals surface area contributed by atoms with Crippen LogP contribution in [-0.4, -0.2) is 54.5 Å². The summed E-state index contributed by atoms with van der Waals surface area (Å²) in [5.41, 5.74) is -0.616. The lowest BCUT2D eigenvalue weighted by atomic mass is 9.65. The Morgan fingerprint density at radius 2 is 1.87 bits per heavy atom. The third-order valence-electron chi connectivity index (χ3n) is 7.01. The number of nitrogens with zero attached hydrogens (tertiary/aromatic N) is 1. The van der Waals surface area contributed by atoms with Crippen LogP contribution in [0.5, 0.6) is 0 Å². The highest BCUT2D eigenvalue weighted by Gasteiger charge is 2.53. The zero-order valence-corrected chi connectivity index (χ0v) is 18.8. The fourth-order valence-corrected chi connectivity index (χ4v) is 4.44. The summed E-state index contributed by atoms with van der Waals surface area (Å²) in [5.74, 6) is -0.314. The van der Waals surface area contributed by atoms with Gasteiger partial charge in [0.1, 0.15) is 12.1 Å². The number of carbonyl (C=O) groups is 4. The van der Waals surface area contributed by atoms with Gasteiger partial charge in [-0.2, -0.15) is 0 Å². The van der Waals surface area contributed by atoms with Crippen molar-refractivity contribution in [3.8, 4) is 0 Å². The molecule has 1 spiro atoms. The number of amides is 4. The van der Waals surface area contributed by atoms with Crippen molar-refractivity contribution < 1.29 is 23.9 Å². The molecule has 1 saturated carbocycles. The van der Waals surface area contributed by atoms with Crippen molar-refractivity contribution in [3.63, 3.8) is 0 Å². The molecule has 8 nitrogen and oxygen atoms in total. The molecule has 0 aromatic heterocycles. The first-order chi connectivity index (χ1) is 14.1. The normalized spacial score (nSPS) is 24.1. The summed E-state index contributed by atoms with van der Waals surface area (Å²) in [7, 11) is 1.36. The minimum Gasteiger partial charge on any atom is -0.469 e. The second kappa shape index (κ2) is 10.3. The number of hydrogen-bond acceptors (Lipinski definition) is 5. The number of carbonyl (C=O) groups excluding carboxylic acids is 4. The van der Waals surface area contributed by atoms with Crippen molar-refractivity contribution in [1.29, 1.82) is 0 Å². The summed E-state index contributed by atoms with van der Waals surface area (Å²) in [5, 5.41) is 5.63. The molecule has 0 bridgehead atoms. The highest BCUT2D eigenvalue weighted by molar-refractivity contribution is 6.09. The van der Waals surface area contributed by atoms with Gasteiger partial charge in [-0.15, -0.1) is 0 Å². The number of urea groups is 1. The van der Waals surface area contributed by atoms with Crippen LogP contribution in [0.25, 0.3) is 0 Å². The van der Waals surface area contributed by atoms with Crippen LogP contribution in [0.3, 0.4) is 0 Å². The highest BCUT2D eigenvalue weighted by atomic mass is 16.5. The van der Waals surface area contributed by atoms with Gasteiger partial charge in [-0.3, -0.25) is 19.3 Å². The van der Waals surface area contributed by atoms with Gasteiger partial charge in [0, 0.05) is 13.0 Å². The summed E-state index contributed by atoms with van der Waals surface area (Å²) in [6.07, 6.45) is 6.72. The average molecular weight is 424 g/mol. The molecule has 0 unspecified atom stereocenters. The third kappa shape index (κ3) is 5.73. The Bertz CT molecular complexity index is 653. The maximum absolute atomic E-state index is 13.0. The van der Waals surface area contributed by atoms with Crippen molar-refractivity contribution in [2.45, 2.75) is 84.1 Å². The number of hydrogen-bond donors (Lipinski definition) is 2. The van der Waals surface area contributed by atoms with Crippen LogP contribution < -0.4 is 10.6 Å². The van der Waals surface area contributed by atoms with Crippen LogP contribution >= 0.6 is 0 Å². The van der Waals surface area contributed by atoms with Gasteiger partial charge in [0.05, 0.1) is 7.11 Å². The number of imide groups is 1. The number of unbranched alkanes of at least 4 members (excludes halogenated alkanes) is 2. The average Bonchev–Trinajstić information content (AvgIpc) is 2.94. The molecule has 1 saturated heterocycles. The van der Waals surface area contributed by atoms with Crippen LogP contribution in [0.4, 0.5) is 4.79 Å². The molecule has 2 rings (SSSR count). The molecule has 170 valence electrons. The Labute approximate surface area is 179 Å². The van der Waals surface area contributed by atoms with E-state index in [0.717, 1.165) is 37.0 Å². The Balaban J connectivity index is 1.77. The van der Waals surface area contributed by atoms with Gasteiger partial charge in [0.25, 0.3) is 5.91 Å². The van der Waals surface area contributed by atoms with Crippen molar-refractivity contribution in [1.82, 2.24) is 15.5 Å². The number of esters is 1. The fraction of sp³-hybridized carbons (Fsp3) is 0.818. The molecule has 0 radical (unpaired) electrons. The fourth-order valence-electron chi connectivity index (χ4n) is 4.44. The molecule has 0 aromatic rings. The van der Waals surface area contributed by atoms with Gasteiger partial charge in [-0.1, -0.05) is 33.6 Å². The lowest BCUT2D eigenvalue weighted by Crippen LogP contribution is -2.51. The number of ether oxygens (including phenoxy) is 1. The third-order valence-corrected chi connectivity index (χ3v) is 7.01. The van der Waals surface area contributed by atoms with E-state index < -0.39 is 11.6 Å². The Hall–Kier alpha value is -2.12. The van der Waals surface area contributed by atoms with Gasteiger partial charge >= 0.3 is 12.0 Å². The smallest absolute Gasteiger partial charge is 0.325 e. The van der Waals surface area contributed by atoms with Crippen molar-refractivity contribution in [2.24, 2.45) is 11.3 Å². The zero-order valence-electron chi connectivity index (χ0n) is 18.8. The van der Waals surface area contributed by atoms with E-state index in [9.17, 15) is 19.2 Å². The topological polar surface area (TPSA) is 105 Å². The van der Waals surface area contributed by atoms with Gasteiger partial charge in [-0.05, 0) is 49.9 Å². The molecule has 0 atom stereocenters. The minimum absolute atomic E-state index is 0.226. The van der Waals surface area contributed by atoms with E-state index in [1.807, 2.05) is 0 Å². The summed E-state index contributed by atoms with van der Waals surface area (Å²) in [6, 6.07) is -0.471. The van der Waals surface area contributed by atoms with E-state index in [1.165, 1.54) is 7.11 Å². The van der Waals surface area contributed by atoms with E-state index in [0.29, 0.717) is 38.1 Å². The monoisotopic (exact) mass is 423 g/mol. The summed E-state index contributed by atoms with van der Waals surface area (Å²) in [4.78, 5) is 49.7. The Kier molecular flexibility index (Phi) is 8.26. The van der Waals surface area contributed by atoms with Crippen molar-refractivity contribution in [2.75, 3.05) is 20.2 Å². The predicted molar refractivity (Wildman–Crippen MR) is 112 cm³/mol. The van der Waals surface area contributed by atoms with Crippen LogP contribution in [0.15, 0.2) is 0 Å². The van der Waals surface area contributed by atoms with Gasteiger partial charge < -0.3 is 15.4 Å². The predicted octanol–water partition coefficient (Wildman–Crippen LogP) is 2.75. The highest BCUT2D eigenvalue weighted by Crippen LogP contribution is 2.45. The molecule has 1 aliphatic carbocycles. The molecule has 8 heteroatoms. The maximum Gasteiger partial charge on any atom is 0.325 e. The molecule has 4 amide bonds.